The molecular weight excluding hydrogens is 254 g/mol. The lowest BCUT2D eigenvalue weighted by Gasteiger charge is -2.06. The van der Waals surface area contributed by atoms with Gasteiger partial charge < -0.3 is 15.9 Å². The summed E-state index contributed by atoms with van der Waals surface area (Å²) in [5.74, 6) is -0.627. The second kappa shape index (κ2) is 4.77. The number of fused-ring (bicyclic) bond motifs is 1. The number of nitrogens with zero attached hydrogens (tertiary/aromatic N) is 1. The normalized spacial score (nSPS) is 14.5. The van der Waals surface area contributed by atoms with Crippen molar-refractivity contribution in [2.75, 3.05) is 5.73 Å². The number of amides is 1. The Kier molecular flexibility index (Phi) is 3.33. The Morgan fingerprint density at radius 2 is 2.28 bits per heavy atom. The molecule has 0 radical (unpaired) electrons. The second-order valence-electron chi connectivity index (χ2n) is 3.80. The molecule has 2 atom stereocenters. The van der Waals surface area contributed by atoms with Crippen LogP contribution in [0.3, 0.4) is 0 Å². The minimum absolute atomic E-state index is 0.00116. The number of rotatable bonds is 4. The maximum absolute atomic E-state index is 12.1. The van der Waals surface area contributed by atoms with E-state index in [1.165, 1.54) is 0 Å². The lowest BCUT2D eigenvalue weighted by molar-refractivity contribution is -0.117. The van der Waals surface area contributed by atoms with Crippen molar-refractivity contribution in [1.82, 2.24) is 4.98 Å². The van der Waals surface area contributed by atoms with Gasteiger partial charge in [-0.3, -0.25) is 4.79 Å². The molecule has 6 nitrogen and oxygen atoms in total. The maximum atomic E-state index is 12.1. The smallest absolute Gasteiger partial charge is 0.288 e. The van der Waals surface area contributed by atoms with Crippen molar-refractivity contribution in [1.29, 1.82) is 0 Å². The SMILES string of the molecule is CCC(C(N)=O)S(=O)c1nc2cc(N)ccc2o1. The van der Waals surface area contributed by atoms with Crippen molar-refractivity contribution < 1.29 is 13.4 Å². The minimum Gasteiger partial charge on any atom is -0.430 e. The third-order valence-electron chi connectivity index (χ3n) is 2.51. The topological polar surface area (TPSA) is 112 Å². The summed E-state index contributed by atoms with van der Waals surface area (Å²) in [6, 6.07) is 4.92. The largest absolute Gasteiger partial charge is 0.430 e. The summed E-state index contributed by atoms with van der Waals surface area (Å²) in [6.45, 7) is 1.73. The van der Waals surface area contributed by atoms with Crippen molar-refractivity contribution >= 4 is 33.5 Å². The quantitative estimate of drug-likeness (QED) is 0.795. The van der Waals surface area contributed by atoms with E-state index < -0.39 is 22.0 Å². The first-order chi connectivity index (χ1) is 8.52. The molecule has 2 unspecified atom stereocenters. The van der Waals surface area contributed by atoms with Gasteiger partial charge in [0.15, 0.2) is 5.58 Å². The molecule has 0 spiro atoms. The van der Waals surface area contributed by atoms with Crippen LogP contribution in [-0.4, -0.2) is 20.3 Å². The number of hydrogen-bond acceptors (Lipinski definition) is 5. The Hall–Kier alpha value is -1.89. The molecule has 0 aliphatic carbocycles. The molecule has 4 N–H and O–H groups in total. The summed E-state index contributed by atoms with van der Waals surface area (Å²) in [4.78, 5) is 15.2. The van der Waals surface area contributed by atoms with Crippen LogP contribution in [0, 0.1) is 0 Å². The van der Waals surface area contributed by atoms with Crippen molar-refractivity contribution in [2.45, 2.75) is 23.8 Å². The molecule has 18 heavy (non-hydrogen) atoms. The van der Waals surface area contributed by atoms with Gasteiger partial charge in [0.2, 0.25) is 5.91 Å². The van der Waals surface area contributed by atoms with E-state index in [-0.39, 0.29) is 5.22 Å². The van der Waals surface area contributed by atoms with Crippen LogP contribution in [-0.2, 0) is 15.6 Å². The zero-order chi connectivity index (χ0) is 13.3. The Morgan fingerprint density at radius 1 is 1.56 bits per heavy atom. The number of aromatic nitrogens is 1. The second-order valence-corrected chi connectivity index (χ2v) is 5.32. The van der Waals surface area contributed by atoms with E-state index in [2.05, 4.69) is 4.98 Å². The van der Waals surface area contributed by atoms with Crippen LogP contribution in [0.4, 0.5) is 5.69 Å². The third-order valence-corrected chi connectivity index (χ3v) is 4.11. The number of primary amides is 1. The molecule has 96 valence electrons. The van der Waals surface area contributed by atoms with Gasteiger partial charge in [0, 0.05) is 5.69 Å². The summed E-state index contributed by atoms with van der Waals surface area (Å²) in [6.07, 6.45) is 0.364. The lowest BCUT2D eigenvalue weighted by atomic mass is 10.3. The van der Waals surface area contributed by atoms with Gasteiger partial charge in [-0.1, -0.05) is 6.92 Å². The van der Waals surface area contributed by atoms with Crippen molar-refractivity contribution in [2.24, 2.45) is 5.73 Å². The Labute approximate surface area is 106 Å². The average Bonchev–Trinajstić information content (AvgIpc) is 2.72. The van der Waals surface area contributed by atoms with E-state index in [0.717, 1.165) is 0 Å². The molecule has 0 aliphatic heterocycles. The highest BCUT2D eigenvalue weighted by Crippen LogP contribution is 2.22. The molecule has 0 saturated heterocycles. The van der Waals surface area contributed by atoms with Crippen molar-refractivity contribution in [3.63, 3.8) is 0 Å². The van der Waals surface area contributed by atoms with Crippen LogP contribution in [0.5, 0.6) is 0 Å². The predicted octanol–water partition coefficient (Wildman–Crippen LogP) is 0.781. The molecule has 2 aromatic rings. The van der Waals surface area contributed by atoms with Crippen molar-refractivity contribution in [3.8, 4) is 0 Å². The molecular formula is C11H13N3O3S. The lowest BCUT2D eigenvalue weighted by Crippen LogP contribution is -2.32. The summed E-state index contributed by atoms with van der Waals surface area (Å²) in [5.41, 5.74) is 12.3. The van der Waals surface area contributed by atoms with Crippen LogP contribution in [0.1, 0.15) is 13.3 Å². The number of carbonyl (C=O) groups excluding carboxylic acids is 1. The van der Waals surface area contributed by atoms with Gasteiger partial charge in [-0.25, -0.2) is 9.19 Å². The summed E-state index contributed by atoms with van der Waals surface area (Å²) in [5, 5.41) is -0.795. The molecule has 0 aliphatic rings. The van der Waals surface area contributed by atoms with Gasteiger partial charge in [-0.15, -0.1) is 0 Å². The van der Waals surface area contributed by atoms with E-state index in [1.54, 1.807) is 25.1 Å². The fraction of sp³-hybridized carbons (Fsp3) is 0.273. The summed E-state index contributed by atoms with van der Waals surface area (Å²) >= 11 is 0. The molecule has 1 aromatic heterocycles. The van der Waals surface area contributed by atoms with Crippen LogP contribution in [0.15, 0.2) is 27.8 Å². The standard InChI is InChI=1S/C11H13N3O3S/c1-2-9(10(13)15)18(16)11-14-7-5-6(12)3-4-8(7)17-11/h3-5,9H,2,12H2,1H3,(H2,13,15). The van der Waals surface area contributed by atoms with E-state index >= 15 is 0 Å². The highest BCUT2D eigenvalue weighted by Gasteiger charge is 2.26. The fourth-order valence-electron chi connectivity index (χ4n) is 1.59. The zero-order valence-corrected chi connectivity index (χ0v) is 10.6. The number of benzene rings is 1. The molecule has 1 amide bonds. The van der Waals surface area contributed by atoms with E-state index in [1.807, 2.05) is 0 Å². The molecule has 7 heteroatoms. The monoisotopic (exact) mass is 267 g/mol. The van der Waals surface area contributed by atoms with Crippen LogP contribution < -0.4 is 11.5 Å². The van der Waals surface area contributed by atoms with E-state index in [0.29, 0.717) is 23.2 Å². The number of nitrogen functional groups attached to an aromatic ring is 1. The highest BCUT2D eigenvalue weighted by atomic mass is 32.2. The Morgan fingerprint density at radius 3 is 2.89 bits per heavy atom. The molecule has 1 heterocycles. The molecule has 0 bridgehead atoms. The third kappa shape index (κ3) is 2.21. The molecule has 0 saturated carbocycles. The van der Waals surface area contributed by atoms with Crippen LogP contribution >= 0.6 is 0 Å². The van der Waals surface area contributed by atoms with E-state index in [9.17, 15) is 9.00 Å². The first-order valence-corrected chi connectivity index (χ1v) is 6.60. The zero-order valence-electron chi connectivity index (χ0n) is 9.75. The number of nitrogens with two attached hydrogens (primary N) is 2. The first kappa shape index (κ1) is 12.6. The number of oxazole rings is 1. The maximum Gasteiger partial charge on any atom is 0.288 e. The van der Waals surface area contributed by atoms with Gasteiger partial charge in [0.05, 0.1) is 0 Å². The fourth-order valence-corrected chi connectivity index (χ4v) is 2.71. The Bertz CT molecular complexity index is 623. The molecule has 0 fully saturated rings. The minimum atomic E-state index is -1.68. The molecule has 2 rings (SSSR count). The Balaban J connectivity index is 2.42. The van der Waals surface area contributed by atoms with E-state index in [4.69, 9.17) is 15.9 Å². The number of anilines is 1. The van der Waals surface area contributed by atoms with Gasteiger partial charge >= 0.3 is 0 Å². The number of carbonyl (C=O) groups is 1. The predicted molar refractivity (Wildman–Crippen MR) is 68.1 cm³/mol. The molecule has 1 aromatic carbocycles. The number of hydrogen-bond donors (Lipinski definition) is 2. The first-order valence-electron chi connectivity index (χ1n) is 5.39. The van der Waals surface area contributed by atoms with Crippen molar-refractivity contribution in [3.05, 3.63) is 18.2 Å². The van der Waals surface area contributed by atoms with Gasteiger partial charge in [0.25, 0.3) is 5.22 Å². The average molecular weight is 267 g/mol. The highest BCUT2D eigenvalue weighted by molar-refractivity contribution is 7.86. The summed E-state index contributed by atoms with van der Waals surface area (Å²) in [7, 11) is -1.68. The van der Waals surface area contributed by atoms with Crippen LogP contribution in [0.25, 0.3) is 11.1 Å². The van der Waals surface area contributed by atoms with Crippen LogP contribution in [0.2, 0.25) is 0 Å². The van der Waals surface area contributed by atoms with Gasteiger partial charge in [0.1, 0.15) is 21.6 Å². The summed E-state index contributed by atoms with van der Waals surface area (Å²) < 4.78 is 17.4. The van der Waals surface area contributed by atoms with Gasteiger partial charge in [-0.05, 0) is 24.6 Å². The van der Waals surface area contributed by atoms with Gasteiger partial charge in [-0.2, -0.15) is 0 Å².